The second-order valence-corrected chi connectivity index (χ2v) is 5.73. The van der Waals surface area contributed by atoms with E-state index in [4.69, 9.17) is 16.7 Å². The van der Waals surface area contributed by atoms with Gasteiger partial charge in [-0.2, -0.15) is 0 Å². The summed E-state index contributed by atoms with van der Waals surface area (Å²) in [5.41, 5.74) is 0. The standard InChI is InChI=1S/C12H16ClNO3S/c1-8(15)6-7-14-12(17)5-2-9(16)10-3-4-11(13)18-10/h3-4,8,15H,2,5-7H2,1H3,(H,14,17). The van der Waals surface area contributed by atoms with Crippen LogP contribution in [0.3, 0.4) is 0 Å². The largest absolute Gasteiger partial charge is 0.393 e. The number of aliphatic hydroxyl groups is 1. The van der Waals surface area contributed by atoms with Crippen LogP contribution in [0, 0.1) is 0 Å². The minimum Gasteiger partial charge on any atom is -0.393 e. The number of amides is 1. The van der Waals surface area contributed by atoms with Crippen molar-refractivity contribution in [3.8, 4) is 0 Å². The van der Waals surface area contributed by atoms with E-state index < -0.39 is 6.10 Å². The minimum atomic E-state index is -0.430. The van der Waals surface area contributed by atoms with Crippen molar-refractivity contribution in [1.82, 2.24) is 5.32 Å². The Morgan fingerprint density at radius 3 is 2.72 bits per heavy atom. The second-order valence-electron chi connectivity index (χ2n) is 4.01. The Hall–Kier alpha value is -0.910. The molecule has 0 fully saturated rings. The van der Waals surface area contributed by atoms with Gasteiger partial charge < -0.3 is 10.4 Å². The Labute approximate surface area is 115 Å². The van der Waals surface area contributed by atoms with Crippen molar-refractivity contribution in [3.63, 3.8) is 0 Å². The van der Waals surface area contributed by atoms with Gasteiger partial charge in [0.25, 0.3) is 0 Å². The summed E-state index contributed by atoms with van der Waals surface area (Å²) < 4.78 is 0.569. The normalized spacial score (nSPS) is 12.2. The van der Waals surface area contributed by atoms with Gasteiger partial charge in [-0.15, -0.1) is 11.3 Å². The average molecular weight is 290 g/mol. The zero-order chi connectivity index (χ0) is 13.5. The Morgan fingerprint density at radius 1 is 1.44 bits per heavy atom. The molecule has 1 aromatic rings. The van der Waals surface area contributed by atoms with Crippen LogP contribution in [0.15, 0.2) is 12.1 Å². The molecule has 1 amide bonds. The molecule has 6 heteroatoms. The van der Waals surface area contributed by atoms with Gasteiger partial charge in [0.15, 0.2) is 5.78 Å². The molecular weight excluding hydrogens is 274 g/mol. The maximum absolute atomic E-state index is 11.7. The van der Waals surface area contributed by atoms with Crippen molar-refractivity contribution >= 4 is 34.6 Å². The fourth-order valence-electron chi connectivity index (χ4n) is 1.32. The SMILES string of the molecule is CC(O)CCNC(=O)CCC(=O)c1ccc(Cl)s1. The van der Waals surface area contributed by atoms with Gasteiger partial charge in [0.1, 0.15) is 0 Å². The summed E-state index contributed by atoms with van der Waals surface area (Å²) in [6, 6.07) is 3.34. The third kappa shape index (κ3) is 5.62. The van der Waals surface area contributed by atoms with Crippen molar-refractivity contribution in [2.45, 2.75) is 32.3 Å². The fourth-order valence-corrected chi connectivity index (χ4v) is 2.33. The van der Waals surface area contributed by atoms with E-state index in [1.807, 2.05) is 0 Å². The number of rotatable bonds is 7. The number of Topliss-reactive ketones (excluding diaryl/α,β-unsaturated/α-hetero) is 1. The molecule has 0 saturated carbocycles. The van der Waals surface area contributed by atoms with Crippen molar-refractivity contribution in [3.05, 3.63) is 21.3 Å². The van der Waals surface area contributed by atoms with Crippen LogP contribution in [0.5, 0.6) is 0 Å². The Kier molecular flexibility index (Phi) is 6.32. The summed E-state index contributed by atoms with van der Waals surface area (Å²) in [5, 5.41) is 11.7. The third-order valence-corrected chi connectivity index (χ3v) is 3.58. The van der Waals surface area contributed by atoms with E-state index in [0.717, 1.165) is 0 Å². The Morgan fingerprint density at radius 2 is 2.17 bits per heavy atom. The molecule has 0 spiro atoms. The van der Waals surface area contributed by atoms with Crippen LogP contribution < -0.4 is 5.32 Å². The summed E-state index contributed by atoms with van der Waals surface area (Å²) in [4.78, 5) is 23.7. The Balaban J connectivity index is 2.24. The molecule has 0 bridgehead atoms. The zero-order valence-corrected chi connectivity index (χ0v) is 11.7. The lowest BCUT2D eigenvalue weighted by molar-refractivity contribution is -0.121. The molecular formula is C12H16ClNO3S. The lowest BCUT2D eigenvalue weighted by atomic mass is 10.2. The number of carbonyl (C=O) groups is 2. The number of halogens is 1. The number of thiophene rings is 1. The van der Waals surface area contributed by atoms with Gasteiger partial charge in [0, 0.05) is 19.4 Å². The lowest BCUT2D eigenvalue weighted by Gasteiger charge is -2.06. The van der Waals surface area contributed by atoms with E-state index in [1.54, 1.807) is 19.1 Å². The topological polar surface area (TPSA) is 66.4 Å². The van der Waals surface area contributed by atoms with Gasteiger partial charge in [0.2, 0.25) is 5.91 Å². The number of hydrogen-bond donors (Lipinski definition) is 2. The molecule has 0 aliphatic heterocycles. The summed E-state index contributed by atoms with van der Waals surface area (Å²) >= 11 is 6.95. The zero-order valence-electron chi connectivity index (χ0n) is 10.1. The highest BCUT2D eigenvalue weighted by Gasteiger charge is 2.11. The maximum atomic E-state index is 11.7. The van der Waals surface area contributed by atoms with Crippen LogP contribution in [-0.2, 0) is 4.79 Å². The summed E-state index contributed by atoms with van der Waals surface area (Å²) in [6.45, 7) is 2.09. The second kappa shape index (κ2) is 7.51. The molecule has 0 aliphatic carbocycles. The molecule has 1 unspecified atom stereocenters. The maximum Gasteiger partial charge on any atom is 0.220 e. The van der Waals surface area contributed by atoms with Gasteiger partial charge >= 0.3 is 0 Å². The minimum absolute atomic E-state index is 0.0717. The van der Waals surface area contributed by atoms with Crippen molar-refractivity contribution in [1.29, 1.82) is 0 Å². The molecule has 0 aliphatic rings. The van der Waals surface area contributed by atoms with Crippen LogP contribution in [0.25, 0.3) is 0 Å². The summed E-state index contributed by atoms with van der Waals surface area (Å²) in [5.74, 6) is -0.246. The predicted molar refractivity (Wildman–Crippen MR) is 72.2 cm³/mol. The highest BCUT2D eigenvalue weighted by atomic mass is 35.5. The van der Waals surface area contributed by atoms with Crippen LogP contribution in [0.2, 0.25) is 4.34 Å². The monoisotopic (exact) mass is 289 g/mol. The van der Waals surface area contributed by atoms with E-state index in [2.05, 4.69) is 5.32 Å². The molecule has 0 saturated heterocycles. The molecule has 1 heterocycles. The van der Waals surface area contributed by atoms with E-state index in [-0.39, 0.29) is 24.5 Å². The molecule has 1 atom stereocenters. The van der Waals surface area contributed by atoms with Crippen LogP contribution in [-0.4, -0.2) is 29.4 Å². The highest BCUT2D eigenvalue weighted by Crippen LogP contribution is 2.22. The van der Waals surface area contributed by atoms with Crippen LogP contribution >= 0.6 is 22.9 Å². The van der Waals surface area contributed by atoms with Gasteiger partial charge in [-0.25, -0.2) is 0 Å². The molecule has 0 radical (unpaired) electrons. The molecule has 100 valence electrons. The number of carbonyl (C=O) groups excluding carboxylic acids is 2. The number of hydrogen-bond acceptors (Lipinski definition) is 4. The number of aliphatic hydroxyl groups excluding tert-OH is 1. The molecule has 1 rings (SSSR count). The number of nitrogens with one attached hydrogen (secondary N) is 1. The van der Waals surface area contributed by atoms with E-state index in [9.17, 15) is 9.59 Å². The van der Waals surface area contributed by atoms with E-state index in [0.29, 0.717) is 22.2 Å². The molecule has 18 heavy (non-hydrogen) atoms. The average Bonchev–Trinajstić information content (AvgIpc) is 2.72. The van der Waals surface area contributed by atoms with E-state index >= 15 is 0 Å². The first-order valence-corrected chi connectivity index (χ1v) is 6.92. The van der Waals surface area contributed by atoms with Crippen molar-refractivity contribution in [2.75, 3.05) is 6.54 Å². The molecule has 1 aromatic heterocycles. The highest BCUT2D eigenvalue weighted by molar-refractivity contribution is 7.18. The van der Waals surface area contributed by atoms with Crippen molar-refractivity contribution < 1.29 is 14.7 Å². The first-order valence-electron chi connectivity index (χ1n) is 5.72. The number of ketones is 1. The van der Waals surface area contributed by atoms with E-state index in [1.165, 1.54) is 11.3 Å². The van der Waals surface area contributed by atoms with Gasteiger partial charge in [0.05, 0.1) is 15.3 Å². The Bertz CT molecular complexity index is 417. The fraction of sp³-hybridized carbons (Fsp3) is 0.500. The van der Waals surface area contributed by atoms with Gasteiger partial charge in [-0.3, -0.25) is 9.59 Å². The van der Waals surface area contributed by atoms with Crippen LogP contribution in [0.4, 0.5) is 0 Å². The smallest absolute Gasteiger partial charge is 0.220 e. The summed E-state index contributed by atoms with van der Waals surface area (Å²) in [6.07, 6.45) is 0.423. The van der Waals surface area contributed by atoms with Gasteiger partial charge in [-0.1, -0.05) is 11.6 Å². The molecule has 0 aromatic carbocycles. The summed E-state index contributed by atoms with van der Waals surface area (Å²) in [7, 11) is 0. The quantitative estimate of drug-likeness (QED) is 0.757. The third-order valence-electron chi connectivity index (χ3n) is 2.31. The first-order chi connectivity index (χ1) is 8.49. The van der Waals surface area contributed by atoms with Crippen LogP contribution in [0.1, 0.15) is 35.9 Å². The van der Waals surface area contributed by atoms with Gasteiger partial charge in [-0.05, 0) is 25.5 Å². The molecule has 4 nitrogen and oxygen atoms in total. The predicted octanol–water partition coefficient (Wildman–Crippen LogP) is 2.25. The molecule has 2 N–H and O–H groups in total. The van der Waals surface area contributed by atoms with Crippen molar-refractivity contribution in [2.24, 2.45) is 0 Å². The lowest BCUT2D eigenvalue weighted by Crippen LogP contribution is -2.26. The first kappa shape index (κ1) is 15.1.